The van der Waals surface area contributed by atoms with E-state index in [2.05, 4.69) is 33.9 Å². The molecule has 1 aromatic carbocycles. The van der Waals surface area contributed by atoms with Gasteiger partial charge in [0.2, 0.25) is 5.91 Å². The van der Waals surface area contributed by atoms with Crippen molar-refractivity contribution in [2.75, 3.05) is 6.61 Å². The summed E-state index contributed by atoms with van der Waals surface area (Å²) in [7, 11) is 0. The number of amides is 1. The predicted octanol–water partition coefficient (Wildman–Crippen LogP) is 5.63. The molecule has 2 fully saturated rings. The van der Waals surface area contributed by atoms with E-state index in [0.717, 1.165) is 41.9 Å². The van der Waals surface area contributed by atoms with Crippen LogP contribution in [0.1, 0.15) is 93.9 Å². The Labute approximate surface area is 206 Å². The van der Waals surface area contributed by atoms with Crippen molar-refractivity contribution in [3.63, 3.8) is 0 Å². The van der Waals surface area contributed by atoms with Crippen LogP contribution in [-0.2, 0) is 11.3 Å². The minimum atomic E-state index is -0.163. The highest BCUT2D eigenvalue weighted by Crippen LogP contribution is 2.48. The number of nitrogens with one attached hydrogen (secondary N) is 1. The average molecular weight is 493 g/mol. The predicted molar refractivity (Wildman–Crippen MR) is 131 cm³/mol. The van der Waals surface area contributed by atoms with E-state index in [9.17, 15) is 9.90 Å². The lowest BCUT2D eigenvalue weighted by atomic mass is 9.71. The number of hydrogen-bond donors (Lipinski definition) is 2. The molecule has 0 unspecified atom stereocenters. The van der Waals surface area contributed by atoms with E-state index in [4.69, 9.17) is 23.2 Å². The van der Waals surface area contributed by atoms with Crippen LogP contribution in [0.3, 0.4) is 0 Å². The van der Waals surface area contributed by atoms with Crippen LogP contribution in [0.15, 0.2) is 18.2 Å². The lowest BCUT2D eigenvalue weighted by molar-refractivity contribution is -0.121. The molecule has 6 nitrogen and oxygen atoms in total. The van der Waals surface area contributed by atoms with Gasteiger partial charge in [0.1, 0.15) is 11.6 Å². The largest absolute Gasteiger partial charge is 0.396 e. The third kappa shape index (κ3) is 6.09. The van der Waals surface area contributed by atoms with Gasteiger partial charge in [0.15, 0.2) is 0 Å². The van der Waals surface area contributed by atoms with Gasteiger partial charge in [-0.3, -0.25) is 4.79 Å². The Bertz CT molecular complexity index is 967. The fraction of sp³-hybridized carbons (Fsp3) is 0.640. The molecule has 180 valence electrons. The highest BCUT2D eigenvalue weighted by molar-refractivity contribution is 6.35. The van der Waals surface area contributed by atoms with Crippen LogP contribution in [0, 0.1) is 11.8 Å². The molecule has 4 rings (SSSR count). The van der Waals surface area contributed by atoms with Crippen molar-refractivity contribution in [1.82, 2.24) is 20.1 Å². The molecule has 2 saturated carbocycles. The first-order chi connectivity index (χ1) is 15.9. The number of rotatable bonds is 11. The van der Waals surface area contributed by atoms with Crippen LogP contribution < -0.4 is 5.32 Å². The van der Waals surface area contributed by atoms with Crippen LogP contribution >= 0.6 is 23.2 Å². The summed E-state index contributed by atoms with van der Waals surface area (Å²) >= 11 is 12.2. The normalized spacial score (nSPS) is 21.2. The second-order valence-corrected chi connectivity index (χ2v) is 11.0. The molecule has 8 heteroatoms. The van der Waals surface area contributed by atoms with E-state index >= 15 is 0 Å². The van der Waals surface area contributed by atoms with Crippen LogP contribution in [-0.4, -0.2) is 32.4 Å². The highest BCUT2D eigenvalue weighted by Gasteiger charge is 2.39. The number of benzene rings is 1. The molecule has 33 heavy (non-hydrogen) atoms. The molecule has 2 aliphatic rings. The molecule has 2 aliphatic carbocycles. The second kappa shape index (κ2) is 10.7. The zero-order valence-corrected chi connectivity index (χ0v) is 20.9. The van der Waals surface area contributed by atoms with Gasteiger partial charge in [-0.15, -0.1) is 10.2 Å². The molecule has 0 bridgehead atoms. The molecule has 0 radical (unpaired) electrons. The van der Waals surface area contributed by atoms with E-state index < -0.39 is 0 Å². The summed E-state index contributed by atoms with van der Waals surface area (Å²) in [5.74, 6) is 3.66. The van der Waals surface area contributed by atoms with Crippen molar-refractivity contribution in [3.05, 3.63) is 45.5 Å². The Balaban J connectivity index is 1.43. The molecule has 1 amide bonds. The zero-order valence-electron chi connectivity index (χ0n) is 19.4. The summed E-state index contributed by atoms with van der Waals surface area (Å²) in [6.45, 7) is 4.90. The Morgan fingerprint density at radius 2 is 2.00 bits per heavy atom. The van der Waals surface area contributed by atoms with Crippen LogP contribution in [0.5, 0.6) is 0 Å². The third-order valence-corrected chi connectivity index (χ3v) is 7.42. The number of aliphatic hydroxyl groups is 1. The number of carbonyl (C=O) groups excluding carboxylic acids is 1. The Morgan fingerprint density at radius 1 is 1.24 bits per heavy atom. The Kier molecular flexibility index (Phi) is 7.98. The number of nitrogens with zero attached hydrogens (tertiary/aromatic N) is 3. The summed E-state index contributed by atoms with van der Waals surface area (Å²) < 4.78 is 2.31. The van der Waals surface area contributed by atoms with Crippen LogP contribution in [0.4, 0.5) is 0 Å². The smallest absolute Gasteiger partial charge is 0.220 e. The van der Waals surface area contributed by atoms with Gasteiger partial charge >= 0.3 is 0 Å². The number of hydrogen-bond acceptors (Lipinski definition) is 4. The molecule has 0 saturated heterocycles. The van der Waals surface area contributed by atoms with E-state index in [1.54, 1.807) is 12.1 Å². The van der Waals surface area contributed by atoms with Gasteiger partial charge in [-0.2, -0.15) is 0 Å². The van der Waals surface area contributed by atoms with Gasteiger partial charge in [-0.1, -0.05) is 43.1 Å². The molecule has 1 aromatic heterocycles. The van der Waals surface area contributed by atoms with E-state index in [1.165, 1.54) is 19.3 Å². The minimum Gasteiger partial charge on any atom is -0.396 e. The maximum Gasteiger partial charge on any atom is 0.220 e. The maximum absolute atomic E-state index is 12.8. The number of aliphatic hydroxyl groups excluding tert-OH is 1. The van der Waals surface area contributed by atoms with Gasteiger partial charge in [0.25, 0.3) is 0 Å². The third-order valence-electron chi connectivity index (χ3n) is 6.83. The first-order valence-electron chi connectivity index (χ1n) is 12.1. The molecule has 2 aromatic rings. The Morgan fingerprint density at radius 3 is 2.64 bits per heavy atom. The van der Waals surface area contributed by atoms with Crippen molar-refractivity contribution in [2.45, 2.75) is 83.2 Å². The SMILES string of the molecule is CC(C)CC1CC(c2nnc([C@@H](CCO)CC(=O)NCc3ccc(Cl)cc3Cl)n2C2CC2)C1. The monoisotopic (exact) mass is 492 g/mol. The first-order valence-corrected chi connectivity index (χ1v) is 12.9. The average Bonchev–Trinajstić information content (AvgIpc) is 3.48. The quantitative estimate of drug-likeness (QED) is 0.425. The summed E-state index contributed by atoms with van der Waals surface area (Å²) in [6.07, 6.45) is 6.64. The number of aromatic nitrogens is 3. The molecule has 0 aliphatic heterocycles. The maximum atomic E-state index is 12.8. The Hall–Kier alpha value is -1.63. The molecule has 1 heterocycles. The van der Waals surface area contributed by atoms with Crippen molar-refractivity contribution in [3.8, 4) is 0 Å². The first kappa shape index (κ1) is 24.5. The van der Waals surface area contributed by atoms with E-state index in [1.807, 2.05) is 6.07 Å². The van der Waals surface area contributed by atoms with Gasteiger partial charge in [-0.05, 0) is 68.1 Å². The molecule has 0 spiro atoms. The molecular weight excluding hydrogens is 459 g/mol. The van der Waals surface area contributed by atoms with E-state index in [0.29, 0.717) is 35.0 Å². The fourth-order valence-corrected chi connectivity index (χ4v) is 5.49. The van der Waals surface area contributed by atoms with Gasteiger partial charge < -0.3 is 15.0 Å². The van der Waals surface area contributed by atoms with Crippen LogP contribution in [0.2, 0.25) is 10.0 Å². The van der Waals surface area contributed by atoms with Crippen molar-refractivity contribution >= 4 is 29.1 Å². The zero-order chi connectivity index (χ0) is 23.5. The molecule has 2 N–H and O–H groups in total. The molecular formula is C25H34Cl2N4O2. The summed E-state index contributed by atoms with van der Waals surface area (Å²) in [5, 5.41) is 22.9. The van der Waals surface area contributed by atoms with Crippen molar-refractivity contribution in [2.24, 2.45) is 11.8 Å². The van der Waals surface area contributed by atoms with Gasteiger partial charge in [-0.25, -0.2) is 0 Å². The van der Waals surface area contributed by atoms with Crippen LogP contribution in [0.25, 0.3) is 0 Å². The number of halogens is 2. The lowest BCUT2D eigenvalue weighted by Crippen LogP contribution is -2.27. The van der Waals surface area contributed by atoms with Gasteiger partial charge in [0.05, 0.1) is 0 Å². The standard InChI is InChI=1S/C25H34Cl2N4O2/c1-15(2)9-16-10-19(11-16)25-30-29-24(31(25)21-5-6-21)17(7-8-32)12-23(33)28-14-18-3-4-20(26)13-22(18)27/h3-4,13,15-17,19,21,32H,5-12,14H2,1-2H3,(H,28,33)/t16?,17-,19?/m0/s1. The fourth-order valence-electron chi connectivity index (χ4n) is 5.02. The second-order valence-electron chi connectivity index (χ2n) is 10.1. The summed E-state index contributed by atoms with van der Waals surface area (Å²) in [6, 6.07) is 5.68. The minimum absolute atomic E-state index is 0.00765. The topological polar surface area (TPSA) is 80.0 Å². The highest BCUT2D eigenvalue weighted by atomic mass is 35.5. The lowest BCUT2D eigenvalue weighted by Gasteiger charge is -2.36. The summed E-state index contributed by atoms with van der Waals surface area (Å²) in [4.78, 5) is 12.8. The van der Waals surface area contributed by atoms with E-state index in [-0.39, 0.29) is 24.9 Å². The van der Waals surface area contributed by atoms with Crippen molar-refractivity contribution < 1.29 is 9.90 Å². The van der Waals surface area contributed by atoms with Crippen molar-refractivity contribution in [1.29, 1.82) is 0 Å². The number of carbonyl (C=O) groups is 1. The van der Waals surface area contributed by atoms with Gasteiger partial charge in [0, 0.05) is 47.5 Å². The summed E-state index contributed by atoms with van der Waals surface area (Å²) in [5.41, 5.74) is 0.817. The molecule has 1 atom stereocenters.